The minimum atomic E-state index is -0.104. The van der Waals surface area contributed by atoms with Crippen molar-refractivity contribution in [3.63, 3.8) is 0 Å². The minimum absolute atomic E-state index is 0.104. The molecule has 146 valence electrons. The Bertz CT molecular complexity index is 1060. The smallest absolute Gasteiger partial charge is 0.231 e. The lowest BCUT2D eigenvalue weighted by Crippen LogP contribution is -1.98. The van der Waals surface area contributed by atoms with Gasteiger partial charge in [0.1, 0.15) is 18.1 Å². The number of carbonyl (C=O) groups excluding carboxylic acids is 1. The second-order valence-electron chi connectivity index (χ2n) is 7.33. The van der Waals surface area contributed by atoms with Gasteiger partial charge in [0.15, 0.2) is 5.76 Å². The first-order valence-corrected chi connectivity index (χ1v) is 10.3. The molecule has 0 aliphatic carbocycles. The first kappa shape index (κ1) is 19.5. The van der Waals surface area contributed by atoms with Crippen LogP contribution in [-0.4, -0.2) is 5.78 Å². The quantitative estimate of drug-likeness (QED) is 0.404. The van der Waals surface area contributed by atoms with Gasteiger partial charge in [0.05, 0.1) is 5.56 Å². The summed E-state index contributed by atoms with van der Waals surface area (Å²) in [5.74, 6) is 1.91. The van der Waals surface area contributed by atoms with E-state index in [9.17, 15) is 4.79 Å². The summed E-state index contributed by atoms with van der Waals surface area (Å²) >= 11 is 3.43. The normalized spacial score (nSPS) is 14.2. The average molecular weight is 449 g/mol. The molecule has 4 rings (SSSR count). The molecule has 29 heavy (non-hydrogen) atoms. The third kappa shape index (κ3) is 4.43. The summed E-state index contributed by atoms with van der Waals surface area (Å²) in [4.78, 5) is 12.7. The fraction of sp³-hybridized carbons (Fsp3) is 0.160. The summed E-state index contributed by atoms with van der Waals surface area (Å²) in [5, 5.41) is 0. The van der Waals surface area contributed by atoms with Crippen LogP contribution in [0.5, 0.6) is 11.5 Å². The molecule has 0 fully saturated rings. The molecule has 0 saturated heterocycles. The monoisotopic (exact) mass is 448 g/mol. The summed E-state index contributed by atoms with van der Waals surface area (Å²) in [6, 6.07) is 21.5. The Balaban J connectivity index is 1.48. The molecule has 0 unspecified atom stereocenters. The third-order valence-corrected chi connectivity index (χ3v) is 5.39. The molecule has 0 N–H and O–H groups in total. The van der Waals surface area contributed by atoms with Gasteiger partial charge in [0.2, 0.25) is 5.78 Å². The van der Waals surface area contributed by atoms with Gasteiger partial charge >= 0.3 is 0 Å². The van der Waals surface area contributed by atoms with E-state index in [1.807, 2.05) is 36.4 Å². The molecule has 0 bridgehead atoms. The first-order chi connectivity index (χ1) is 14.0. The fourth-order valence-electron chi connectivity index (χ4n) is 3.13. The van der Waals surface area contributed by atoms with Gasteiger partial charge in [0, 0.05) is 10.5 Å². The maximum absolute atomic E-state index is 12.7. The third-order valence-electron chi connectivity index (χ3n) is 4.86. The molecular formula is C25H21BrO3. The van der Waals surface area contributed by atoms with Crippen LogP contribution in [0.2, 0.25) is 0 Å². The number of halogens is 1. The number of hydrogen-bond acceptors (Lipinski definition) is 3. The minimum Gasteiger partial charge on any atom is -0.489 e. The average Bonchev–Trinajstić information content (AvgIpc) is 3.03. The Labute approximate surface area is 179 Å². The van der Waals surface area contributed by atoms with Gasteiger partial charge in [-0.25, -0.2) is 0 Å². The van der Waals surface area contributed by atoms with Crippen molar-refractivity contribution in [3.05, 3.63) is 99.2 Å². The fourth-order valence-corrected chi connectivity index (χ4v) is 3.40. The Kier molecular flexibility index (Phi) is 5.54. The molecular weight excluding hydrogens is 428 g/mol. The molecule has 3 aromatic carbocycles. The largest absolute Gasteiger partial charge is 0.489 e. The van der Waals surface area contributed by atoms with Crippen molar-refractivity contribution in [2.45, 2.75) is 26.4 Å². The number of ether oxygens (including phenoxy) is 2. The number of hydrogen-bond donors (Lipinski definition) is 0. The Morgan fingerprint density at radius 2 is 1.72 bits per heavy atom. The molecule has 1 aliphatic rings. The van der Waals surface area contributed by atoms with E-state index < -0.39 is 0 Å². The highest BCUT2D eigenvalue weighted by molar-refractivity contribution is 9.10. The lowest BCUT2D eigenvalue weighted by atomic mass is 10.0. The van der Waals surface area contributed by atoms with Crippen LogP contribution >= 0.6 is 15.9 Å². The van der Waals surface area contributed by atoms with Crippen molar-refractivity contribution in [3.8, 4) is 11.5 Å². The number of carbonyl (C=O) groups is 1. The SMILES string of the molecule is CC(C)c1ccc(C=C2Oc3cc(OCc4ccc(Br)cc4)ccc3C2=O)cc1. The van der Waals surface area contributed by atoms with E-state index in [2.05, 4.69) is 41.9 Å². The Hall–Kier alpha value is -2.85. The molecule has 0 spiro atoms. The van der Waals surface area contributed by atoms with Gasteiger partial charge < -0.3 is 9.47 Å². The van der Waals surface area contributed by atoms with Gasteiger partial charge in [-0.1, -0.05) is 66.2 Å². The highest BCUT2D eigenvalue weighted by Gasteiger charge is 2.27. The van der Waals surface area contributed by atoms with Crippen molar-refractivity contribution in [2.24, 2.45) is 0 Å². The predicted octanol–water partition coefficient (Wildman–Crippen LogP) is 6.77. The van der Waals surface area contributed by atoms with E-state index in [0.29, 0.717) is 35.3 Å². The van der Waals surface area contributed by atoms with Gasteiger partial charge in [-0.05, 0) is 52.9 Å². The zero-order valence-corrected chi connectivity index (χ0v) is 17.9. The number of rotatable bonds is 5. The molecule has 0 atom stereocenters. The summed E-state index contributed by atoms with van der Waals surface area (Å²) in [6.07, 6.45) is 1.79. The van der Waals surface area contributed by atoms with Crippen LogP contribution in [0.4, 0.5) is 0 Å². The van der Waals surface area contributed by atoms with Crippen LogP contribution in [0.15, 0.2) is 77.0 Å². The second kappa shape index (κ2) is 8.26. The van der Waals surface area contributed by atoms with E-state index >= 15 is 0 Å². The number of ketones is 1. The van der Waals surface area contributed by atoms with Crippen LogP contribution in [0, 0.1) is 0 Å². The van der Waals surface area contributed by atoms with Gasteiger partial charge in [-0.3, -0.25) is 4.79 Å². The van der Waals surface area contributed by atoms with Crippen molar-refractivity contribution in [1.82, 2.24) is 0 Å². The number of fused-ring (bicyclic) bond motifs is 1. The highest BCUT2D eigenvalue weighted by Crippen LogP contribution is 2.35. The molecule has 0 amide bonds. The van der Waals surface area contributed by atoms with E-state index in [1.54, 1.807) is 24.3 Å². The number of benzene rings is 3. The molecule has 1 heterocycles. The molecule has 0 radical (unpaired) electrons. The lowest BCUT2D eigenvalue weighted by Gasteiger charge is -2.07. The van der Waals surface area contributed by atoms with Crippen LogP contribution in [0.25, 0.3) is 6.08 Å². The van der Waals surface area contributed by atoms with Crippen molar-refractivity contribution in [1.29, 1.82) is 0 Å². The summed E-state index contributed by atoms with van der Waals surface area (Å²) in [7, 11) is 0. The van der Waals surface area contributed by atoms with E-state index in [0.717, 1.165) is 15.6 Å². The summed E-state index contributed by atoms with van der Waals surface area (Å²) in [6.45, 7) is 4.76. The maximum Gasteiger partial charge on any atom is 0.231 e. The molecule has 1 aliphatic heterocycles. The molecule has 0 aromatic heterocycles. The van der Waals surface area contributed by atoms with Gasteiger partial charge in [0.25, 0.3) is 0 Å². The van der Waals surface area contributed by atoms with Gasteiger partial charge in [-0.15, -0.1) is 0 Å². The maximum atomic E-state index is 12.7. The summed E-state index contributed by atoms with van der Waals surface area (Å²) in [5.41, 5.74) is 3.83. The molecule has 3 aromatic rings. The second-order valence-corrected chi connectivity index (χ2v) is 8.25. The van der Waals surface area contributed by atoms with E-state index in [1.165, 1.54) is 5.56 Å². The topological polar surface area (TPSA) is 35.5 Å². The van der Waals surface area contributed by atoms with Crippen LogP contribution in [0.1, 0.15) is 46.8 Å². The first-order valence-electron chi connectivity index (χ1n) is 9.55. The Morgan fingerprint density at radius 3 is 2.41 bits per heavy atom. The van der Waals surface area contributed by atoms with Crippen LogP contribution in [-0.2, 0) is 6.61 Å². The van der Waals surface area contributed by atoms with Gasteiger partial charge in [-0.2, -0.15) is 0 Å². The number of allylic oxidation sites excluding steroid dienone is 1. The zero-order chi connectivity index (χ0) is 20.4. The molecule has 4 heteroatoms. The molecule has 0 saturated carbocycles. The van der Waals surface area contributed by atoms with E-state index in [4.69, 9.17) is 9.47 Å². The van der Waals surface area contributed by atoms with Crippen LogP contribution in [0.3, 0.4) is 0 Å². The van der Waals surface area contributed by atoms with E-state index in [-0.39, 0.29) is 5.78 Å². The zero-order valence-electron chi connectivity index (χ0n) is 16.3. The van der Waals surface area contributed by atoms with Crippen LogP contribution < -0.4 is 9.47 Å². The van der Waals surface area contributed by atoms with Crippen molar-refractivity contribution in [2.75, 3.05) is 0 Å². The predicted molar refractivity (Wildman–Crippen MR) is 118 cm³/mol. The lowest BCUT2D eigenvalue weighted by molar-refractivity contribution is 0.101. The highest BCUT2D eigenvalue weighted by atomic mass is 79.9. The molecule has 3 nitrogen and oxygen atoms in total. The summed E-state index contributed by atoms with van der Waals surface area (Å²) < 4.78 is 12.7. The Morgan fingerprint density at radius 1 is 1.00 bits per heavy atom. The standard InChI is InChI=1S/C25H21BrO3/c1-16(2)19-7-3-17(4-8-19)13-24-25(27)22-12-11-21(14-23(22)29-24)28-15-18-5-9-20(26)10-6-18/h3-14,16H,15H2,1-2H3. The van der Waals surface area contributed by atoms with Crippen molar-refractivity contribution < 1.29 is 14.3 Å². The van der Waals surface area contributed by atoms with Crippen molar-refractivity contribution >= 4 is 27.8 Å². The number of Topliss-reactive ketones (excluding diaryl/α,β-unsaturated/α-hetero) is 1.